The zero-order valence-electron chi connectivity index (χ0n) is 8.59. The number of ether oxygens (including phenoxy) is 1. The van der Waals surface area contributed by atoms with E-state index in [9.17, 15) is 14.7 Å². The van der Waals surface area contributed by atoms with Crippen molar-refractivity contribution >= 4 is 11.9 Å². The summed E-state index contributed by atoms with van der Waals surface area (Å²) in [4.78, 5) is 21.8. The molecule has 5 nitrogen and oxygen atoms in total. The van der Waals surface area contributed by atoms with Gasteiger partial charge in [0.1, 0.15) is 0 Å². The molecule has 1 amide bonds. The van der Waals surface area contributed by atoms with Gasteiger partial charge in [0, 0.05) is 18.9 Å². The maximum Gasteiger partial charge on any atom is 0.336 e. The largest absolute Gasteiger partial charge is 0.410 e. The van der Waals surface area contributed by atoms with Crippen LogP contribution in [0.15, 0.2) is 12.2 Å². The van der Waals surface area contributed by atoms with E-state index in [-0.39, 0.29) is 12.0 Å². The summed E-state index contributed by atoms with van der Waals surface area (Å²) in [7, 11) is 0. The fourth-order valence-corrected chi connectivity index (χ4v) is 0.702. The number of carbonyl (C=O) groups is 2. The molecule has 0 fully saturated rings. The normalized spacial score (nSPS) is 14.0. The van der Waals surface area contributed by atoms with E-state index >= 15 is 0 Å². The number of hydrogen-bond acceptors (Lipinski definition) is 4. The van der Waals surface area contributed by atoms with Crippen LogP contribution < -0.4 is 5.32 Å². The lowest BCUT2D eigenvalue weighted by Gasteiger charge is -2.26. The van der Waals surface area contributed by atoms with Crippen LogP contribution in [0.25, 0.3) is 0 Å². The maximum absolute atomic E-state index is 11.1. The van der Waals surface area contributed by atoms with Gasteiger partial charge in [0.25, 0.3) is 5.91 Å². The second-order valence-corrected chi connectivity index (χ2v) is 2.99. The Labute approximate surface area is 82.7 Å². The third kappa shape index (κ3) is 4.04. The number of rotatable bonds is 4. The lowest BCUT2D eigenvalue weighted by atomic mass is 10.3. The van der Waals surface area contributed by atoms with Crippen LogP contribution in [0.2, 0.25) is 0 Å². The minimum atomic E-state index is -1.94. The molecule has 0 saturated heterocycles. The summed E-state index contributed by atoms with van der Waals surface area (Å²) in [5.41, 5.74) is 0.155. The highest BCUT2D eigenvalue weighted by atomic mass is 16.7. The summed E-state index contributed by atoms with van der Waals surface area (Å²) in [6.45, 7) is 7.59. The van der Waals surface area contributed by atoms with Gasteiger partial charge in [-0.2, -0.15) is 0 Å². The van der Waals surface area contributed by atoms with Crippen LogP contribution in [0, 0.1) is 0 Å². The number of hydrogen-bond donors (Lipinski definition) is 2. The summed E-state index contributed by atoms with van der Waals surface area (Å²) in [6, 6.07) is 0. The maximum atomic E-state index is 11.1. The van der Waals surface area contributed by atoms with Crippen LogP contribution in [0.1, 0.15) is 27.2 Å². The van der Waals surface area contributed by atoms with Gasteiger partial charge in [0.2, 0.25) is 5.91 Å². The zero-order chi connectivity index (χ0) is 11.4. The zero-order valence-corrected chi connectivity index (χ0v) is 8.59. The van der Waals surface area contributed by atoms with E-state index in [1.165, 1.54) is 13.8 Å². The van der Waals surface area contributed by atoms with Gasteiger partial charge in [-0.05, 0) is 6.92 Å². The third-order valence-electron chi connectivity index (χ3n) is 1.46. The van der Waals surface area contributed by atoms with Crippen LogP contribution in [-0.4, -0.2) is 22.9 Å². The van der Waals surface area contributed by atoms with E-state index < -0.39 is 17.8 Å². The smallest absolute Gasteiger partial charge is 0.336 e. The van der Waals surface area contributed by atoms with Crippen LogP contribution in [0.5, 0.6) is 0 Å². The molecule has 0 aliphatic carbocycles. The molecular formula is C9H15NO4. The molecule has 1 atom stereocenters. The fourth-order valence-electron chi connectivity index (χ4n) is 0.702. The highest BCUT2D eigenvalue weighted by Gasteiger charge is 2.30. The fraction of sp³-hybridized carbons (Fsp3) is 0.556. The molecular weight excluding hydrogens is 186 g/mol. The van der Waals surface area contributed by atoms with Crippen molar-refractivity contribution in [3.63, 3.8) is 0 Å². The van der Waals surface area contributed by atoms with Crippen molar-refractivity contribution in [3.05, 3.63) is 12.2 Å². The van der Waals surface area contributed by atoms with Crippen molar-refractivity contribution in [2.45, 2.75) is 33.1 Å². The average molecular weight is 201 g/mol. The Hall–Kier alpha value is -1.36. The lowest BCUT2D eigenvalue weighted by Crippen LogP contribution is -2.50. The van der Waals surface area contributed by atoms with Crippen LogP contribution in [0.4, 0.5) is 0 Å². The molecule has 0 aliphatic rings. The van der Waals surface area contributed by atoms with Gasteiger partial charge in [0.05, 0.1) is 0 Å². The van der Waals surface area contributed by atoms with Crippen molar-refractivity contribution in [3.8, 4) is 0 Å². The molecule has 0 rings (SSSR count). The number of carbonyl (C=O) groups excluding carboxylic acids is 2. The minimum Gasteiger partial charge on any atom is -0.410 e. The molecule has 0 saturated carbocycles. The monoisotopic (exact) mass is 201 g/mol. The van der Waals surface area contributed by atoms with Crippen LogP contribution in [-0.2, 0) is 14.3 Å². The second kappa shape index (κ2) is 4.76. The molecule has 0 radical (unpaired) electrons. The Bertz CT molecular complexity index is 262. The molecule has 0 bridgehead atoms. The van der Waals surface area contributed by atoms with Crippen LogP contribution in [0.3, 0.4) is 0 Å². The molecule has 0 aromatic heterocycles. The lowest BCUT2D eigenvalue weighted by molar-refractivity contribution is -0.219. The molecule has 2 N–H and O–H groups in total. The summed E-state index contributed by atoms with van der Waals surface area (Å²) >= 11 is 0. The number of esters is 1. The Morgan fingerprint density at radius 3 is 2.29 bits per heavy atom. The van der Waals surface area contributed by atoms with E-state index in [4.69, 9.17) is 0 Å². The first kappa shape index (κ1) is 12.6. The highest BCUT2D eigenvalue weighted by Crippen LogP contribution is 2.10. The van der Waals surface area contributed by atoms with Crippen molar-refractivity contribution < 1.29 is 19.4 Å². The molecule has 80 valence electrons. The molecule has 14 heavy (non-hydrogen) atoms. The van der Waals surface area contributed by atoms with Gasteiger partial charge in [0.15, 0.2) is 0 Å². The van der Waals surface area contributed by atoms with E-state index in [2.05, 4.69) is 16.6 Å². The number of nitrogens with one attached hydrogen (secondary N) is 1. The Balaban J connectivity index is 4.47. The molecule has 0 heterocycles. The molecule has 0 aromatic carbocycles. The third-order valence-corrected chi connectivity index (χ3v) is 1.46. The van der Waals surface area contributed by atoms with Crippen molar-refractivity contribution in [1.82, 2.24) is 5.32 Å². The Morgan fingerprint density at radius 1 is 1.50 bits per heavy atom. The second-order valence-electron chi connectivity index (χ2n) is 2.99. The highest BCUT2D eigenvalue weighted by molar-refractivity contribution is 5.87. The van der Waals surface area contributed by atoms with Crippen molar-refractivity contribution in [2.75, 3.05) is 0 Å². The molecule has 0 aliphatic heterocycles. The Morgan fingerprint density at radius 2 is 2.00 bits per heavy atom. The van der Waals surface area contributed by atoms with Gasteiger partial charge in [-0.15, -0.1) is 0 Å². The Kier molecular flexibility index (Phi) is 4.30. The van der Waals surface area contributed by atoms with E-state index in [0.29, 0.717) is 0 Å². The summed E-state index contributed by atoms with van der Waals surface area (Å²) in [6.07, 6.45) is 0.0611. The van der Waals surface area contributed by atoms with Gasteiger partial charge < -0.3 is 9.84 Å². The standard InChI is InChI=1S/C9H15NO4/c1-5-9(13,10-7(4)11)14-8(12)6(2)3/h13H,2,5H2,1,3-4H3,(H,10,11). The van der Waals surface area contributed by atoms with Gasteiger partial charge in [-0.25, -0.2) is 4.79 Å². The number of aliphatic hydroxyl groups is 1. The first-order valence-electron chi connectivity index (χ1n) is 4.20. The van der Waals surface area contributed by atoms with E-state index in [1.807, 2.05) is 0 Å². The number of amides is 1. The summed E-state index contributed by atoms with van der Waals surface area (Å²) < 4.78 is 4.64. The topological polar surface area (TPSA) is 75.6 Å². The molecule has 5 heteroatoms. The first-order valence-corrected chi connectivity index (χ1v) is 4.20. The van der Waals surface area contributed by atoms with Crippen molar-refractivity contribution in [1.29, 1.82) is 0 Å². The van der Waals surface area contributed by atoms with Gasteiger partial charge >= 0.3 is 5.97 Å². The molecule has 1 unspecified atom stereocenters. The SMILES string of the molecule is C=C(C)C(=O)OC(O)(CC)NC(C)=O. The summed E-state index contributed by atoms with van der Waals surface area (Å²) in [5, 5.41) is 11.7. The van der Waals surface area contributed by atoms with E-state index in [0.717, 1.165) is 0 Å². The predicted octanol–water partition coefficient (Wildman–Crippen LogP) is 0.298. The summed E-state index contributed by atoms with van der Waals surface area (Å²) in [5.74, 6) is -3.17. The van der Waals surface area contributed by atoms with Gasteiger partial charge in [-0.1, -0.05) is 13.5 Å². The van der Waals surface area contributed by atoms with Gasteiger partial charge in [-0.3, -0.25) is 10.1 Å². The van der Waals surface area contributed by atoms with Crippen molar-refractivity contribution in [2.24, 2.45) is 0 Å². The minimum absolute atomic E-state index is 0.0611. The molecule has 0 aromatic rings. The first-order chi connectivity index (χ1) is 6.30. The van der Waals surface area contributed by atoms with E-state index in [1.54, 1.807) is 6.92 Å². The van der Waals surface area contributed by atoms with Crippen LogP contribution >= 0.6 is 0 Å². The average Bonchev–Trinajstić information content (AvgIpc) is 2.02. The molecule has 0 spiro atoms. The predicted molar refractivity (Wildman–Crippen MR) is 50.0 cm³/mol. The quantitative estimate of drug-likeness (QED) is 0.389.